The molecule has 0 aromatic heterocycles. The van der Waals surface area contributed by atoms with E-state index in [0.717, 1.165) is 16.8 Å². The summed E-state index contributed by atoms with van der Waals surface area (Å²) < 4.78 is 13.2. The van der Waals surface area contributed by atoms with Crippen LogP contribution in [0.25, 0.3) is 0 Å². The lowest BCUT2D eigenvalue weighted by atomic mass is 10.2. The van der Waals surface area contributed by atoms with E-state index in [4.69, 9.17) is 5.11 Å². The maximum atomic E-state index is 13.2. The Bertz CT molecular complexity index is 661. The third-order valence-corrected chi connectivity index (χ3v) is 3.55. The van der Waals surface area contributed by atoms with Crippen LogP contribution in [0.4, 0.5) is 10.1 Å². The molecule has 2 aromatic carbocycles. The molecule has 0 atom stereocenters. The van der Waals surface area contributed by atoms with Crippen molar-refractivity contribution < 1.29 is 14.3 Å². The number of carbonyl (C=O) groups is 1. The first-order chi connectivity index (χ1) is 11.1. The third kappa shape index (κ3) is 5.07. The van der Waals surface area contributed by atoms with E-state index in [1.807, 2.05) is 25.1 Å². The van der Waals surface area contributed by atoms with E-state index < -0.39 is 0 Å². The van der Waals surface area contributed by atoms with Gasteiger partial charge in [0.1, 0.15) is 5.82 Å². The molecule has 23 heavy (non-hydrogen) atoms. The van der Waals surface area contributed by atoms with Crippen LogP contribution in [0.15, 0.2) is 48.5 Å². The molecule has 0 spiro atoms. The number of anilines is 1. The van der Waals surface area contributed by atoms with Crippen molar-refractivity contribution >= 4 is 11.6 Å². The summed E-state index contributed by atoms with van der Waals surface area (Å²) in [6, 6.07) is 13.5. The fourth-order valence-corrected chi connectivity index (χ4v) is 2.30. The summed E-state index contributed by atoms with van der Waals surface area (Å²) in [5, 5.41) is 12.2. The largest absolute Gasteiger partial charge is 0.392 e. The summed E-state index contributed by atoms with van der Waals surface area (Å²) in [7, 11) is 0. The molecule has 0 heterocycles. The van der Waals surface area contributed by atoms with Gasteiger partial charge in [-0.05, 0) is 42.3 Å². The van der Waals surface area contributed by atoms with Gasteiger partial charge in [-0.3, -0.25) is 4.79 Å². The van der Waals surface area contributed by atoms with E-state index in [1.54, 1.807) is 23.1 Å². The van der Waals surface area contributed by atoms with Gasteiger partial charge in [-0.2, -0.15) is 0 Å². The molecule has 0 unspecified atom stereocenters. The van der Waals surface area contributed by atoms with E-state index in [0.29, 0.717) is 13.1 Å². The molecule has 0 bridgehead atoms. The highest BCUT2D eigenvalue weighted by Gasteiger charge is 2.12. The lowest BCUT2D eigenvalue weighted by Gasteiger charge is -2.21. The molecule has 0 radical (unpaired) electrons. The molecule has 122 valence electrons. The van der Waals surface area contributed by atoms with Crippen LogP contribution in [0.5, 0.6) is 0 Å². The molecule has 2 rings (SSSR count). The second-order valence-corrected chi connectivity index (χ2v) is 5.25. The fourth-order valence-electron chi connectivity index (χ4n) is 2.30. The second-order valence-electron chi connectivity index (χ2n) is 5.25. The lowest BCUT2D eigenvalue weighted by molar-refractivity contribution is -0.129. The summed E-state index contributed by atoms with van der Waals surface area (Å²) in [6.07, 6.45) is 0. The molecule has 0 saturated carbocycles. The molecular weight excluding hydrogens is 295 g/mol. The monoisotopic (exact) mass is 316 g/mol. The average Bonchev–Trinajstić information content (AvgIpc) is 2.57. The van der Waals surface area contributed by atoms with Crippen LogP contribution in [0.1, 0.15) is 18.1 Å². The van der Waals surface area contributed by atoms with Crippen LogP contribution in [0.3, 0.4) is 0 Å². The number of hydrogen-bond donors (Lipinski definition) is 2. The van der Waals surface area contributed by atoms with Crippen molar-refractivity contribution in [3.63, 3.8) is 0 Å². The number of benzene rings is 2. The predicted octanol–water partition coefficient (Wildman–Crippen LogP) is 2.78. The zero-order valence-electron chi connectivity index (χ0n) is 13.1. The lowest BCUT2D eigenvalue weighted by Crippen LogP contribution is -2.35. The van der Waals surface area contributed by atoms with Crippen LogP contribution in [-0.2, 0) is 17.9 Å². The normalized spacial score (nSPS) is 10.4. The Morgan fingerprint density at radius 1 is 1.17 bits per heavy atom. The Morgan fingerprint density at radius 3 is 2.61 bits per heavy atom. The molecule has 0 aliphatic rings. The van der Waals surface area contributed by atoms with Crippen molar-refractivity contribution in [2.75, 3.05) is 18.4 Å². The molecule has 0 aliphatic carbocycles. The number of likely N-dealkylation sites (N-methyl/N-ethyl adjacent to an activating group) is 1. The molecule has 0 saturated heterocycles. The molecule has 0 fully saturated rings. The summed E-state index contributed by atoms with van der Waals surface area (Å²) in [4.78, 5) is 14.0. The highest BCUT2D eigenvalue weighted by atomic mass is 19.1. The Kier molecular flexibility index (Phi) is 6.11. The molecular formula is C18H21FN2O2. The van der Waals surface area contributed by atoms with E-state index in [1.165, 1.54) is 12.1 Å². The summed E-state index contributed by atoms with van der Waals surface area (Å²) >= 11 is 0. The zero-order chi connectivity index (χ0) is 16.7. The van der Waals surface area contributed by atoms with Crippen molar-refractivity contribution in [3.8, 4) is 0 Å². The van der Waals surface area contributed by atoms with Gasteiger partial charge in [0, 0.05) is 18.8 Å². The first-order valence-electron chi connectivity index (χ1n) is 7.58. The molecule has 1 amide bonds. The van der Waals surface area contributed by atoms with E-state index >= 15 is 0 Å². The quantitative estimate of drug-likeness (QED) is 0.826. The molecule has 0 aliphatic heterocycles. The van der Waals surface area contributed by atoms with Crippen molar-refractivity contribution in [3.05, 3.63) is 65.5 Å². The van der Waals surface area contributed by atoms with Crippen LogP contribution < -0.4 is 5.32 Å². The van der Waals surface area contributed by atoms with Crippen molar-refractivity contribution in [1.82, 2.24) is 4.90 Å². The summed E-state index contributed by atoms with van der Waals surface area (Å²) in [5.41, 5.74) is 2.34. The molecule has 2 N–H and O–H groups in total. The number of carbonyl (C=O) groups excluding carboxylic acids is 1. The topological polar surface area (TPSA) is 52.6 Å². The van der Waals surface area contributed by atoms with Gasteiger partial charge in [0.15, 0.2) is 0 Å². The number of aliphatic hydroxyl groups is 1. The molecule has 5 heteroatoms. The van der Waals surface area contributed by atoms with Gasteiger partial charge < -0.3 is 15.3 Å². The Labute approximate surface area is 135 Å². The van der Waals surface area contributed by atoms with E-state index in [9.17, 15) is 9.18 Å². The number of rotatable bonds is 7. The number of aliphatic hydroxyl groups excluding tert-OH is 1. The highest BCUT2D eigenvalue weighted by Crippen LogP contribution is 2.11. The van der Waals surface area contributed by atoms with Gasteiger partial charge in [0.25, 0.3) is 0 Å². The Hall–Kier alpha value is -2.40. The van der Waals surface area contributed by atoms with Crippen molar-refractivity contribution in [2.45, 2.75) is 20.1 Å². The second kappa shape index (κ2) is 8.29. The highest BCUT2D eigenvalue weighted by molar-refractivity contribution is 5.80. The number of nitrogens with zero attached hydrogens (tertiary/aromatic N) is 1. The summed E-state index contributed by atoms with van der Waals surface area (Å²) in [5.74, 6) is -0.365. The van der Waals surface area contributed by atoms with Crippen LogP contribution >= 0.6 is 0 Å². The van der Waals surface area contributed by atoms with Gasteiger partial charge in [-0.1, -0.05) is 24.3 Å². The fraction of sp³-hybridized carbons (Fsp3) is 0.278. The van der Waals surface area contributed by atoms with Crippen LogP contribution in [-0.4, -0.2) is 29.0 Å². The van der Waals surface area contributed by atoms with Crippen LogP contribution in [0.2, 0.25) is 0 Å². The predicted molar refractivity (Wildman–Crippen MR) is 88.3 cm³/mol. The maximum absolute atomic E-state index is 13.2. The smallest absolute Gasteiger partial charge is 0.242 e. The van der Waals surface area contributed by atoms with Crippen molar-refractivity contribution in [1.29, 1.82) is 0 Å². The van der Waals surface area contributed by atoms with E-state index in [2.05, 4.69) is 5.32 Å². The Balaban J connectivity index is 1.94. The molecule has 2 aromatic rings. The minimum Gasteiger partial charge on any atom is -0.392 e. The number of hydrogen-bond acceptors (Lipinski definition) is 3. The SMILES string of the molecule is CCN(Cc1cccc(F)c1)C(=O)CNc1cccc(CO)c1. The van der Waals surface area contributed by atoms with Gasteiger partial charge in [0.2, 0.25) is 5.91 Å². The first kappa shape index (κ1) is 17.0. The average molecular weight is 316 g/mol. The standard InChI is InChI=1S/C18H21FN2O2/c1-2-21(12-14-5-3-7-16(19)9-14)18(23)11-20-17-8-4-6-15(10-17)13-22/h3-10,20,22H,2,11-13H2,1H3. The van der Waals surface area contributed by atoms with E-state index in [-0.39, 0.29) is 24.9 Å². The van der Waals surface area contributed by atoms with Crippen molar-refractivity contribution in [2.24, 2.45) is 0 Å². The minimum absolute atomic E-state index is 0.0376. The molecule has 4 nitrogen and oxygen atoms in total. The number of amides is 1. The van der Waals surface area contributed by atoms with Gasteiger partial charge in [-0.15, -0.1) is 0 Å². The maximum Gasteiger partial charge on any atom is 0.242 e. The van der Waals surface area contributed by atoms with Gasteiger partial charge >= 0.3 is 0 Å². The number of nitrogens with one attached hydrogen (secondary N) is 1. The third-order valence-electron chi connectivity index (χ3n) is 3.55. The zero-order valence-corrected chi connectivity index (χ0v) is 13.1. The minimum atomic E-state index is -0.301. The Morgan fingerprint density at radius 2 is 1.91 bits per heavy atom. The van der Waals surface area contributed by atoms with Gasteiger partial charge in [0.05, 0.1) is 13.2 Å². The summed E-state index contributed by atoms with van der Waals surface area (Å²) in [6.45, 7) is 2.94. The van der Waals surface area contributed by atoms with Crippen LogP contribution in [0, 0.1) is 5.82 Å². The van der Waals surface area contributed by atoms with Gasteiger partial charge in [-0.25, -0.2) is 4.39 Å². The number of halogens is 1. The first-order valence-corrected chi connectivity index (χ1v) is 7.58.